The summed E-state index contributed by atoms with van der Waals surface area (Å²) in [5.74, 6) is -0.455. The molecule has 0 radical (unpaired) electrons. The van der Waals surface area contributed by atoms with Gasteiger partial charge in [-0.1, -0.05) is 26.0 Å². The molecule has 0 bridgehead atoms. The van der Waals surface area contributed by atoms with Crippen molar-refractivity contribution in [2.75, 3.05) is 18.8 Å². The summed E-state index contributed by atoms with van der Waals surface area (Å²) >= 11 is 1.42. The molecule has 2 rings (SSSR count). The van der Waals surface area contributed by atoms with Crippen molar-refractivity contribution in [2.45, 2.75) is 31.6 Å². The van der Waals surface area contributed by atoms with Crippen molar-refractivity contribution in [1.29, 1.82) is 0 Å². The number of carbonyl (C=O) groups is 3. The molecule has 1 aromatic carbocycles. The van der Waals surface area contributed by atoms with Gasteiger partial charge in [0.2, 0.25) is 17.7 Å². The van der Waals surface area contributed by atoms with E-state index in [4.69, 9.17) is 0 Å². The molecular weight excluding hydrogens is 357 g/mol. The van der Waals surface area contributed by atoms with E-state index in [0.29, 0.717) is 25.3 Å². The first-order chi connectivity index (χ1) is 12.4. The summed E-state index contributed by atoms with van der Waals surface area (Å²) in [7, 11) is 0. The van der Waals surface area contributed by atoms with Gasteiger partial charge in [-0.25, -0.2) is 4.39 Å². The topological polar surface area (TPSA) is 87.3 Å². The Morgan fingerprint density at radius 1 is 1.23 bits per heavy atom. The minimum Gasteiger partial charge on any atom is -0.354 e. The maximum absolute atomic E-state index is 12.9. The minimum atomic E-state index is -0.585. The first-order valence-electron chi connectivity index (χ1n) is 8.58. The Balaban J connectivity index is 1.73. The van der Waals surface area contributed by atoms with E-state index >= 15 is 0 Å². The Bertz CT molecular complexity index is 652. The number of nitrogens with one attached hydrogen (secondary N) is 3. The molecule has 0 aliphatic carbocycles. The largest absolute Gasteiger partial charge is 0.354 e. The number of carbonyl (C=O) groups excluding carboxylic acids is 3. The maximum atomic E-state index is 12.9. The van der Waals surface area contributed by atoms with Crippen LogP contribution in [0.5, 0.6) is 0 Å². The monoisotopic (exact) mass is 381 g/mol. The van der Waals surface area contributed by atoms with Gasteiger partial charge in [-0.15, -0.1) is 11.8 Å². The fourth-order valence-electron chi connectivity index (χ4n) is 2.42. The maximum Gasteiger partial charge on any atom is 0.243 e. The zero-order chi connectivity index (χ0) is 19.1. The number of thioether (sulfide) groups is 1. The fourth-order valence-corrected chi connectivity index (χ4v) is 3.61. The number of hydrogen-bond acceptors (Lipinski definition) is 4. The quantitative estimate of drug-likeness (QED) is 0.612. The number of hydrogen-bond donors (Lipinski definition) is 3. The van der Waals surface area contributed by atoms with Crippen LogP contribution in [0.1, 0.15) is 19.4 Å². The average molecular weight is 381 g/mol. The van der Waals surface area contributed by atoms with Gasteiger partial charge in [0.1, 0.15) is 11.9 Å². The molecule has 8 heteroatoms. The number of amides is 3. The van der Waals surface area contributed by atoms with Gasteiger partial charge in [0, 0.05) is 24.8 Å². The molecule has 0 unspecified atom stereocenters. The molecule has 3 amide bonds. The molecule has 2 atom stereocenters. The van der Waals surface area contributed by atoms with Gasteiger partial charge in [0.25, 0.3) is 0 Å². The molecule has 0 saturated carbocycles. The Kier molecular flexibility index (Phi) is 7.44. The lowest BCUT2D eigenvalue weighted by molar-refractivity contribution is -0.128. The summed E-state index contributed by atoms with van der Waals surface area (Å²) in [4.78, 5) is 35.8. The highest BCUT2D eigenvalue weighted by Crippen LogP contribution is 2.22. The normalized spacial score (nSPS) is 19.8. The van der Waals surface area contributed by atoms with Gasteiger partial charge in [0.05, 0.1) is 5.25 Å². The van der Waals surface area contributed by atoms with Crippen LogP contribution in [-0.4, -0.2) is 47.9 Å². The lowest BCUT2D eigenvalue weighted by Crippen LogP contribution is -2.55. The smallest absolute Gasteiger partial charge is 0.243 e. The minimum absolute atomic E-state index is 0.0654. The van der Waals surface area contributed by atoms with Crippen LogP contribution in [0.4, 0.5) is 4.39 Å². The molecule has 1 aliphatic rings. The molecule has 3 N–H and O–H groups in total. The van der Waals surface area contributed by atoms with E-state index in [1.165, 1.54) is 23.9 Å². The summed E-state index contributed by atoms with van der Waals surface area (Å²) in [5.41, 5.74) is 0.878. The standard InChI is InChI=1S/C18H24FN3O3S/c1-11(2)16(23)20-7-8-21-17(24)14-10-26-15(18(25)22-14)9-12-3-5-13(19)6-4-12/h3-6,11,14-15H,7-10H2,1-2H3,(H,20,23)(H,21,24)(H,22,25)/t14-,15-/m1/s1. The molecule has 26 heavy (non-hydrogen) atoms. The summed E-state index contributed by atoms with van der Waals surface area (Å²) in [6, 6.07) is 5.48. The second kappa shape index (κ2) is 9.56. The van der Waals surface area contributed by atoms with Crippen LogP contribution in [0.3, 0.4) is 0 Å². The Hall–Kier alpha value is -2.09. The third-order valence-corrected chi connectivity index (χ3v) is 5.28. The van der Waals surface area contributed by atoms with Crippen molar-refractivity contribution in [3.05, 3.63) is 35.6 Å². The van der Waals surface area contributed by atoms with Crippen molar-refractivity contribution in [3.63, 3.8) is 0 Å². The summed E-state index contributed by atoms with van der Waals surface area (Å²) in [6.45, 7) is 4.26. The molecule has 142 valence electrons. The summed E-state index contributed by atoms with van der Waals surface area (Å²) in [6.07, 6.45) is 0.492. The van der Waals surface area contributed by atoms with Crippen molar-refractivity contribution < 1.29 is 18.8 Å². The van der Waals surface area contributed by atoms with E-state index in [1.54, 1.807) is 26.0 Å². The first-order valence-corrected chi connectivity index (χ1v) is 9.63. The van der Waals surface area contributed by atoms with E-state index in [2.05, 4.69) is 16.0 Å². The van der Waals surface area contributed by atoms with E-state index in [-0.39, 0.29) is 34.7 Å². The van der Waals surface area contributed by atoms with Gasteiger partial charge in [-0.05, 0) is 24.1 Å². The van der Waals surface area contributed by atoms with Crippen molar-refractivity contribution in [3.8, 4) is 0 Å². The Morgan fingerprint density at radius 2 is 1.88 bits per heavy atom. The molecule has 1 fully saturated rings. The Morgan fingerprint density at radius 3 is 2.50 bits per heavy atom. The van der Waals surface area contributed by atoms with Crippen LogP contribution in [0.15, 0.2) is 24.3 Å². The van der Waals surface area contributed by atoms with Crippen molar-refractivity contribution in [2.24, 2.45) is 5.92 Å². The van der Waals surface area contributed by atoms with E-state index in [9.17, 15) is 18.8 Å². The zero-order valence-corrected chi connectivity index (χ0v) is 15.7. The second-order valence-electron chi connectivity index (χ2n) is 6.45. The molecule has 0 aromatic heterocycles. The summed E-state index contributed by atoms with van der Waals surface area (Å²) in [5, 5.41) is 7.87. The van der Waals surface area contributed by atoms with Gasteiger partial charge in [0.15, 0.2) is 0 Å². The van der Waals surface area contributed by atoms with E-state index < -0.39 is 6.04 Å². The molecule has 1 saturated heterocycles. The van der Waals surface area contributed by atoms with Crippen LogP contribution >= 0.6 is 11.8 Å². The van der Waals surface area contributed by atoms with Gasteiger partial charge >= 0.3 is 0 Å². The predicted octanol–water partition coefficient (Wildman–Crippen LogP) is 0.857. The molecule has 0 spiro atoms. The first kappa shape index (κ1) is 20.2. The highest BCUT2D eigenvalue weighted by atomic mass is 32.2. The molecule has 1 aromatic rings. The summed E-state index contributed by atoms with van der Waals surface area (Å²) < 4.78 is 12.9. The van der Waals surface area contributed by atoms with E-state index in [0.717, 1.165) is 5.56 Å². The van der Waals surface area contributed by atoms with Crippen LogP contribution in [-0.2, 0) is 20.8 Å². The molecule has 1 heterocycles. The number of benzene rings is 1. The third kappa shape index (κ3) is 6.01. The van der Waals surface area contributed by atoms with Crippen LogP contribution in [0.2, 0.25) is 0 Å². The number of rotatable bonds is 7. The molecule has 6 nitrogen and oxygen atoms in total. The fraction of sp³-hybridized carbons (Fsp3) is 0.500. The Labute approximate surface area is 156 Å². The van der Waals surface area contributed by atoms with Crippen molar-refractivity contribution in [1.82, 2.24) is 16.0 Å². The van der Waals surface area contributed by atoms with Gasteiger partial charge in [-0.2, -0.15) is 0 Å². The SMILES string of the molecule is CC(C)C(=O)NCCNC(=O)[C@H]1CS[C@H](Cc2ccc(F)cc2)C(=O)N1. The second-order valence-corrected chi connectivity index (χ2v) is 7.69. The molecule has 1 aliphatic heterocycles. The van der Waals surface area contributed by atoms with E-state index in [1.807, 2.05) is 0 Å². The highest BCUT2D eigenvalue weighted by molar-refractivity contribution is 8.00. The highest BCUT2D eigenvalue weighted by Gasteiger charge is 2.32. The zero-order valence-electron chi connectivity index (χ0n) is 14.9. The van der Waals surface area contributed by atoms with Gasteiger partial charge < -0.3 is 16.0 Å². The van der Waals surface area contributed by atoms with Gasteiger partial charge in [-0.3, -0.25) is 14.4 Å². The lowest BCUT2D eigenvalue weighted by Gasteiger charge is -2.28. The van der Waals surface area contributed by atoms with Crippen molar-refractivity contribution >= 4 is 29.5 Å². The van der Waals surface area contributed by atoms with Crippen LogP contribution < -0.4 is 16.0 Å². The average Bonchev–Trinajstić information content (AvgIpc) is 2.61. The number of halogens is 1. The van der Waals surface area contributed by atoms with Crippen LogP contribution in [0, 0.1) is 11.7 Å². The molecular formula is C18H24FN3O3S. The third-order valence-electron chi connectivity index (χ3n) is 3.97. The lowest BCUT2D eigenvalue weighted by atomic mass is 10.1. The predicted molar refractivity (Wildman–Crippen MR) is 99.1 cm³/mol. The van der Waals surface area contributed by atoms with Crippen LogP contribution in [0.25, 0.3) is 0 Å².